The number of nitriles is 1. The summed E-state index contributed by atoms with van der Waals surface area (Å²) < 4.78 is 15.9. The number of rotatable bonds is 3. The molecule has 2 N–H and O–H groups in total. The minimum Gasteiger partial charge on any atom is -0.313 e. The van der Waals surface area contributed by atoms with Crippen molar-refractivity contribution in [2.45, 2.75) is 18.3 Å². The Balaban J connectivity index is 1.61. The predicted octanol–water partition coefficient (Wildman–Crippen LogP) is 2.05. The van der Waals surface area contributed by atoms with Gasteiger partial charge in [0.25, 0.3) is 5.56 Å². The van der Waals surface area contributed by atoms with Crippen molar-refractivity contribution in [2.24, 2.45) is 0 Å². The maximum Gasteiger partial charge on any atom is 0.325 e. The van der Waals surface area contributed by atoms with E-state index in [-0.39, 0.29) is 23.2 Å². The predicted molar refractivity (Wildman–Crippen MR) is 101 cm³/mol. The normalized spacial score (nSPS) is 17.9. The summed E-state index contributed by atoms with van der Waals surface area (Å²) in [5.41, 5.74) is 1.81. The Morgan fingerprint density at radius 2 is 2.03 bits per heavy atom. The van der Waals surface area contributed by atoms with Crippen molar-refractivity contribution in [2.75, 3.05) is 0 Å². The Hall–Kier alpha value is -4.06. The van der Waals surface area contributed by atoms with Crippen molar-refractivity contribution in [3.8, 4) is 17.3 Å². The highest BCUT2D eigenvalue weighted by atomic mass is 19.1. The molecule has 1 aliphatic rings. The summed E-state index contributed by atoms with van der Waals surface area (Å²) in [7, 11) is 0. The first-order valence-corrected chi connectivity index (χ1v) is 8.91. The van der Waals surface area contributed by atoms with Crippen LogP contribution in [-0.2, 0) is 0 Å². The lowest BCUT2D eigenvalue weighted by molar-refractivity contribution is 0.609. The maximum absolute atomic E-state index is 14.4. The van der Waals surface area contributed by atoms with Crippen molar-refractivity contribution in [3.63, 3.8) is 0 Å². The van der Waals surface area contributed by atoms with Gasteiger partial charge < -0.3 is 4.98 Å². The van der Waals surface area contributed by atoms with Gasteiger partial charge in [0.2, 0.25) is 0 Å². The summed E-state index contributed by atoms with van der Waals surface area (Å²) in [6.45, 7) is 0. The fraction of sp³-hybridized carbons (Fsp3) is 0.150. The van der Waals surface area contributed by atoms with Gasteiger partial charge in [-0.05, 0) is 48.1 Å². The second-order valence-corrected chi connectivity index (χ2v) is 6.96. The Labute approximate surface area is 162 Å². The fourth-order valence-corrected chi connectivity index (χ4v) is 3.73. The molecule has 1 aliphatic carbocycles. The number of nitrogens with one attached hydrogen (secondary N) is 2. The molecule has 4 aromatic rings. The van der Waals surface area contributed by atoms with Gasteiger partial charge in [-0.15, -0.1) is 0 Å². The molecule has 2 atom stereocenters. The summed E-state index contributed by atoms with van der Waals surface area (Å²) in [5.74, 6) is -0.456. The monoisotopic (exact) mass is 388 g/mol. The molecule has 1 saturated carbocycles. The minimum absolute atomic E-state index is 0.0214. The zero-order valence-electron chi connectivity index (χ0n) is 14.9. The highest BCUT2D eigenvalue weighted by molar-refractivity contribution is 5.63. The maximum atomic E-state index is 14.4. The molecule has 0 saturated heterocycles. The van der Waals surface area contributed by atoms with Crippen LogP contribution >= 0.6 is 0 Å². The first kappa shape index (κ1) is 17.1. The number of fused-ring (bicyclic) bond motifs is 1. The highest BCUT2D eigenvalue weighted by Crippen LogP contribution is 2.56. The van der Waals surface area contributed by atoms with Crippen LogP contribution in [-0.4, -0.2) is 24.6 Å². The highest BCUT2D eigenvalue weighted by Gasteiger charge is 2.43. The number of aromatic amines is 2. The Morgan fingerprint density at radius 1 is 1.21 bits per heavy atom. The smallest absolute Gasteiger partial charge is 0.313 e. The van der Waals surface area contributed by atoms with Crippen molar-refractivity contribution in [1.29, 1.82) is 5.26 Å². The van der Waals surface area contributed by atoms with E-state index in [1.165, 1.54) is 18.3 Å². The molecule has 0 bridgehead atoms. The molecule has 1 aromatic carbocycles. The molecule has 0 unspecified atom stereocenters. The van der Waals surface area contributed by atoms with Crippen LogP contribution in [0.15, 0.2) is 52.4 Å². The number of benzene rings is 1. The van der Waals surface area contributed by atoms with Gasteiger partial charge in [0.1, 0.15) is 5.82 Å². The van der Waals surface area contributed by atoms with Gasteiger partial charge in [0, 0.05) is 24.2 Å². The Kier molecular flexibility index (Phi) is 3.67. The van der Waals surface area contributed by atoms with Gasteiger partial charge >= 0.3 is 5.69 Å². The van der Waals surface area contributed by atoms with Crippen LogP contribution < -0.4 is 11.2 Å². The molecule has 0 amide bonds. The number of hydrogen-bond acceptors (Lipinski definition) is 5. The van der Waals surface area contributed by atoms with Gasteiger partial charge in [-0.3, -0.25) is 9.78 Å². The van der Waals surface area contributed by atoms with Gasteiger partial charge in [0.15, 0.2) is 5.65 Å². The van der Waals surface area contributed by atoms with Crippen molar-refractivity contribution < 1.29 is 4.39 Å². The molecule has 142 valence electrons. The molecular weight excluding hydrogens is 375 g/mol. The summed E-state index contributed by atoms with van der Waals surface area (Å²) in [5, 5.41) is 13.5. The second kappa shape index (κ2) is 6.24. The van der Waals surface area contributed by atoms with E-state index in [2.05, 4.69) is 20.1 Å². The van der Waals surface area contributed by atoms with Crippen molar-refractivity contribution in [3.05, 3.63) is 86.2 Å². The van der Waals surface area contributed by atoms with E-state index in [4.69, 9.17) is 5.26 Å². The summed E-state index contributed by atoms with van der Waals surface area (Å²) >= 11 is 0. The molecular formula is C20H13FN6O2. The lowest BCUT2D eigenvalue weighted by Gasteiger charge is -2.08. The van der Waals surface area contributed by atoms with E-state index in [0.29, 0.717) is 28.9 Å². The molecule has 0 spiro atoms. The third-order valence-electron chi connectivity index (χ3n) is 5.20. The number of H-pyrrole nitrogens is 2. The molecule has 1 fully saturated rings. The van der Waals surface area contributed by atoms with Crippen molar-refractivity contribution >= 4 is 5.65 Å². The quantitative estimate of drug-likeness (QED) is 0.557. The van der Waals surface area contributed by atoms with Crippen LogP contribution in [0.4, 0.5) is 4.39 Å². The molecule has 0 aliphatic heterocycles. The van der Waals surface area contributed by atoms with Crippen LogP contribution in [0.1, 0.15) is 34.9 Å². The van der Waals surface area contributed by atoms with E-state index >= 15 is 0 Å². The van der Waals surface area contributed by atoms with E-state index in [0.717, 1.165) is 5.56 Å². The molecule has 5 rings (SSSR count). The van der Waals surface area contributed by atoms with E-state index in [9.17, 15) is 14.0 Å². The SMILES string of the molecule is N#Cc1ccc(F)c([C@H]2C[C@@H]2c2cc(-c3c[nH]c(=O)[nH]c3=O)nn3ccnc23)c1. The topological polar surface area (TPSA) is 120 Å². The van der Waals surface area contributed by atoms with Crippen LogP contribution in [0, 0.1) is 17.1 Å². The van der Waals surface area contributed by atoms with E-state index in [1.807, 2.05) is 6.07 Å². The van der Waals surface area contributed by atoms with Crippen molar-refractivity contribution in [1.82, 2.24) is 24.6 Å². The molecule has 3 aromatic heterocycles. The lowest BCUT2D eigenvalue weighted by Crippen LogP contribution is -2.23. The number of aromatic nitrogens is 5. The van der Waals surface area contributed by atoms with Gasteiger partial charge in [-0.1, -0.05) is 0 Å². The fourth-order valence-electron chi connectivity index (χ4n) is 3.73. The lowest BCUT2D eigenvalue weighted by atomic mass is 10.0. The van der Waals surface area contributed by atoms with Gasteiger partial charge in [-0.2, -0.15) is 10.4 Å². The minimum atomic E-state index is -0.599. The first-order chi connectivity index (χ1) is 14.0. The van der Waals surface area contributed by atoms with Crippen LogP contribution in [0.3, 0.4) is 0 Å². The average molecular weight is 388 g/mol. The van der Waals surface area contributed by atoms with Crippen LogP contribution in [0.25, 0.3) is 16.9 Å². The van der Waals surface area contributed by atoms with Gasteiger partial charge in [-0.25, -0.2) is 18.7 Å². The number of imidazole rings is 1. The van der Waals surface area contributed by atoms with Crippen LogP contribution in [0.2, 0.25) is 0 Å². The second-order valence-electron chi connectivity index (χ2n) is 6.96. The van der Waals surface area contributed by atoms with Crippen LogP contribution in [0.5, 0.6) is 0 Å². The molecule has 3 heterocycles. The molecule has 29 heavy (non-hydrogen) atoms. The third kappa shape index (κ3) is 2.82. The zero-order valence-corrected chi connectivity index (χ0v) is 14.9. The largest absolute Gasteiger partial charge is 0.325 e. The summed E-state index contributed by atoms with van der Waals surface area (Å²) in [6, 6.07) is 8.14. The standard InChI is InChI=1S/C20H13FN6O2/c21-16-2-1-10(8-22)5-13(16)11-6-12(11)14-7-17(26-27-4-3-23-18(14)27)15-9-24-20(29)25-19(15)28/h1-5,7,9,11-12H,6H2,(H2,24,25,28,29)/t11-,12-/m0/s1. The van der Waals surface area contributed by atoms with E-state index in [1.54, 1.807) is 29.0 Å². The number of halogens is 1. The zero-order chi connectivity index (χ0) is 20.1. The third-order valence-corrected chi connectivity index (χ3v) is 5.20. The summed E-state index contributed by atoms with van der Waals surface area (Å²) in [6.07, 6.45) is 5.27. The molecule has 0 radical (unpaired) electrons. The number of nitrogens with zero attached hydrogens (tertiary/aromatic N) is 4. The van der Waals surface area contributed by atoms with Gasteiger partial charge in [0.05, 0.1) is 22.9 Å². The Bertz CT molecular complexity index is 1430. The first-order valence-electron chi connectivity index (χ1n) is 8.91. The molecule has 9 heteroatoms. The summed E-state index contributed by atoms with van der Waals surface area (Å²) in [4.78, 5) is 32.5. The van der Waals surface area contributed by atoms with E-state index < -0.39 is 11.2 Å². The number of hydrogen-bond donors (Lipinski definition) is 2. The Morgan fingerprint density at radius 3 is 2.83 bits per heavy atom. The average Bonchev–Trinajstić information content (AvgIpc) is 3.35. The molecule has 8 nitrogen and oxygen atoms in total.